The van der Waals surface area contributed by atoms with Gasteiger partial charge in [-0.1, -0.05) is 41.9 Å². The summed E-state index contributed by atoms with van der Waals surface area (Å²) in [4.78, 5) is 13.3. The molecule has 0 aliphatic rings. The molecule has 0 fully saturated rings. The van der Waals surface area contributed by atoms with Gasteiger partial charge in [-0.25, -0.2) is 4.39 Å². The first-order chi connectivity index (χ1) is 15.2. The second-order valence-corrected chi connectivity index (χ2v) is 7.38. The van der Waals surface area contributed by atoms with Gasteiger partial charge in [0.1, 0.15) is 11.5 Å². The fourth-order valence-corrected chi connectivity index (χ4v) is 3.80. The van der Waals surface area contributed by atoms with Gasteiger partial charge in [0.25, 0.3) is 0 Å². The molecule has 0 bridgehead atoms. The second kappa shape index (κ2) is 8.09. The Hall–Kier alpha value is -3.70. The number of nitrogens with one attached hydrogen (secondary N) is 1. The standard InChI is InChI=1S/C23H12ClF4N3O/c24-20-15(4-2-5-16(20)23(26,27)28)21-22(32)19-14(3-1-6-18(19)30-31-21)10-13-8-7-12(11-29)9-17(13)25/h1-9H,10H2,(H,30,32). The Kier molecular flexibility index (Phi) is 5.45. The predicted molar refractivity (Wildman–Crippen MR) is 112 cm³/mol. The molecule has 1 N–H and O–H groups in total. The summed E-state index contributed by atoms with van der Waals surface area (Å²) < 4.78 is 54.2. The molecule has 9 heteroatoms. The molecule has 0 aliphatic heterocycles. The quantitative estimate of drug-likeness (QED) is 0.391. The van der Waals surface area contributed by atoms with Gasteiger partial charge in [-0.05, 0) is 35.4 Å². The number of fused-ring (bicyclic) bond motifs is 1. The number of H-pyrrole nitrogens is 1. The zero-order chi connectivity index (χ0) is 23.0. The first-order valence-corrected chi connectivity index (χ1v) is 9.63. The first kappa shape index (κ1) is 21.5. The van der Waals surface area contributed by atoms with E-state index in [1.807, 2.05) is 6.07 Å². The average molecular weight is 458 g/mol. The van der Waals surface area contributed by atoms with Crippen LogP contribution in [0.4, 0.5) is 17.6 Å². The number of aromatic amines is 1. The summed E-state index contributed by atoms with van der Waals surface area (Å²) >= 11 is 5.98. The van der Waals surface area contributed by atoms with E-state index in [4.69, 9.17) is 16.9 Å². The van der Waals surface area contributed by atoms with Crippen molar-refractivity contribution in [3.63, 3.8) is 0 Å². The minimum atomic E-state index is -4.70. The number of hydrogen-bond acceptors (Lipinski definition) is 3. The fraction of sp³-hybridized carbons (Fsp3) is 0.0870. The minimum Gasteiger partial charge on any atom is -0.287 e. The Labute approximate surface area is 183 Å². The summed E-state index contributed by atoms with van der Waals surface area (Å²) in [6.45, 7) is 0. The van der Waals surface area contributed by atoms with Crippen LogP contribution in [0, 0.1) is 17.1 Å². The lowest BCUT2D eigenvalue weighted by atomic mass is 9.98. The highest BCUT2D eigenvalue weighted by Gasteiger charge is 2.34. The number of aromatic nitrogens is 2. The van der Waals surface area contributed by atoms with Crippen molar-refractivity contribution in [1.82, 2.24) is 10.2 Å². The smallest absolute Gasteiger partial charge is 0.287 e. The molecule has 32 heavy (non-hydrogen) atoms. The topological polar surface area (TPSA) is 69.5 Å². The molecule has 1 aromatic heterocycles. The van der Waals surface area contributed by atoms with Gasteiger partial charge in [-0.3, -0.25) is 9.89 Å². The third-order valence-electron chi connectivity index (χ3n) is 5.00. The Bertz CT molecular complexity index is 1450. The van der Waals surface area contributed by atoms with Crippen molar-refractivity contribution in [1.29, 1.82) is 5.26 Å². The number of alkyl halides is 3. The molecule has 0 saturated carbocycles. The van der Waals surface area contributed by atoms with Crippen LogP contribution < -0.4 is 5.43 Å². The van der Waals surface area contributed by atoms with Crippen molar-refractivity contribution < 1.29 is 17.6 Å². The third-order valence-corrected chi connectivity index (χ3v) is 5.41. The van der Waals surface area contributed by atoms with E-state index in [0.29, 0.717) is 11.1 Å². The molecule has 4 nitrogen and oxygen atoms in total. The van der Waals surface area contributed by atoms with Crippen LogP contribution in [-0.4, -0.2) is 10.2 Å². The molecule has 4 aromatic rings. The molecule has 160 valence electrons. The van der Waals surface area contributed by atoms with E-state index < -0.39 is 28.0 Å². The summed E-state index contributed by atoms with van der Waals surface area (Å²) in [7, 11) is 0. The van der Waals surface area contributed by atoms with E-state index in [1.165, 1.54) is 18.2 Å². The number of nitriles is 1. The van der Waals surface area contributed by atoms with Crippen LogP contribution in [0.25, 0.3) is 22.2 Å². The zero-order valence-electron chi connectivity index (χ0n) is 16.1. The molecule has 0 unspecified atom stereocenters. The van der Waals surface area contributed by atoms with Gasteiger partial charge in [0.15, 0.2) is 0 Å². The van der Waals surface area contributed by atoms with Crippen molar-refractivity contribution in [3.05, 3.63) is 97.9 Å². The zero-order valence-corrected chi connectivity index (χ0v) is 16.9. The second-order valence-electron chi connectivity index (χ2n) is 7.00. The van der Waals surface area contributed by atoms with Gasteiger partial charge in [0, 0.05) is 12.0 Å². The lowest BCUT2D eigenvalue weighted by Gasteiger charge is -2.13. The first-order valence-electron chi connectivity index (χ1n) is 9.25. The van der Waals surface area contributed by atoms with E-state index in [9.17, 15) is 22.4 Å². The number of halogens is 5. The predicted octanol–water partition coefficient (Wildman–Crippen LogP) is 5.86. The van der Waals surface area contributed by atoms with E-state index in [-0.39, 0.29) is 34.2 Å². The fourth-order valence-electron chi connectivity index (χ4n) is 3.48. The maximum Gasteiger partial charge on any atom is 0.417 e. The highest BCUT2D eigenvalue weighted by Crippen LogP contribution is 2.38. The summed E-state index contributed by atoms with van der Waals surface area (Å²) in [5.41, 5.74) is -0.951. The van der Waals surface area contributed by atoms with Gasteiger partial charge < -0.3 is 0 Å². The summed E-state index contributed by atoms with van der Waals surface area (Å²) in [5.74, 6) is -0.604. The van der Waals surface area contributed by atoms with E-state index >= 15 is 0 Å². The Balaban J connectivity index is 1.89. The van der Waals surface area contributed by atoms with E-state index in [0.717, 1.165) is 18.2 Å². The van der Waals surface area contributed by atoms with E-state index in [2.05, 4.69) is 10.2 Å². The van der Waals surface area contributed by atoms with Crippen LogP contribution in [0.5, 0.6) is 0 Å². The SMILES string of the molecule is N#Cc1ccc(Cc2cccc3[nH]nc(-c4cccc(C(F)(F)F)c4Cl)c(=O)c23)c(F)c1. The van der Waals surface area contributed by atoms with Crippen molar-refractivity contribution in [2.24, 2.45) is 0 Å². The lowest BCUT2D eigenvalue weighted by Crippen LogP contribution is -2.14. The van der Waals surface area contributed by atoms with Crippen LogP contribution in [-0.2, 0) is 12.6 Å². The van der Waals surface area contributed by atoms with E-state index in [1.54, 1.807) is 18.2 Å². The minimum absolute atomic E-state index is 0.0255. The maximum atomic E-state index is 14.4. The van der Waals surface area contributed by atoms with Crippen LogP contribution in [0.3, 0.4) is 0 Å². The molecule has 0 aliphatic carbocycles. The van der Waals surface area contributed by atoms with Gasteiger partial charge in [-0.15, -0.1) is 0 Å². The van der Waals surface area contributed by atoms with Crippen molar-refractivity contribution in [2.45, 2.75) is 12.6 Å². The number of rotatable bonds is 3. The van der Waals surface area contributed by atoms with Gasteiger partial charge in [0.2, 0.25) is 5.43 Å². The molecule has 0 radical (unpaired) electrons. The molecule has 0 saturated heterocycles. The van der Waals surface area contributed by atoms with Crippen LogP contribution >= 0.6 is 11.6 Å². The van der Waals surface area contributed by atoms with Crippen LogP contribution in [0.15, 0.2) is 59.4 Å². The molecular weight excluding hydrogens is 446 g/mol. The van der Waals surface area contributed by atoms with Gasteiger partial charge in [0.05, 0.1) is 33.1 Å². The molecule has 0 amide bonds. The van der Waals surface area contributed by atoms with Crippen molar-refractivity contribution >= 4 is 22.5 Å². The van der Waals surface area contributed by atoms with Crippen molar-refractivity contribution in [3.8, 4) is 17.3 Å². The Morgan fingerprint density at radius 2 is 1.81 bits per heavy atom. The summed E-state index contributed by atoms with van der Waals surface area (Å²) in [6.07, 6.45) is -4.67. The monoisotopic (exact) mass is 457 g/mol. The third kappa shape index (κ3) is 3.83. The summed E-state index contributed by atoms with van der Waals surface area (Å²) in [5, 5.41) is 15.1. The molecule has 3 aromatic carbocycles. The lowest BCUT2D eigenvalue weighted by molar-refractivity contribution is -0.137. The average Bonchev–Trinajstić information content (AvgIpc) is 2.75. The summed E-state index contributed by atoms with van der Waals surface area (Å²) in [6, 6.07) is 14.0. The number of nitrogens with zero attached hydrogens (tertiary/aromatic N) is 2. The van der Waals surface area contributed by atoms with Crippen LogP contribution in [0.1, 0.15) is 22.3 Å². The van der Waals surface area contributed by atoms with Gasteiger partial charge >= 0.3 is 6.18 Å². The molecule has 0 spiro atoms. The number of hydrogen-bond donors (Lipinski definition) is 1. The normalized spacial score (nSPS) is 11.5. The molecule has 1 heterocycles. The molecule has 4 rings (SSSR count). The highest BCUT2D eigenvalue weighted by molar-refractivity contribution is 6.34. The molecule has 0 atom stereocenters. The van der Waals surface area contributed by atoms with Gasteiger partial charge in [-0.2, -0.15) is 23.5 Å². The highest BCUT2D eigenvalue weighted by atomic mass is 35.5. The van der Waals surface area contributed by atoms with Crippen molar-refractivity contribution in [2.75, 3.05) is 0 Å². The Morgan fingerprint density at radius 3 is 2.50 bits per heavy atom. The largest absolute Gasteiger partial charge is 0.417 e. The molecular formula is C23H12ClF4N3O. The maximum absolute atomic E-state index is 14.4. The Morgan fingerprint density at radius 1 is 1.06 bits per heavy atom. The number of benzene rings is 3. The van der Waals surface area contributed by atoms with Crippen LogP contribution in [0.2, 0.25) is 5.02 Å².